The number of imidazole rings is 1. The van der Waals surface area contributed by atoms with Crippen LogP contribution in [0.15, 0.2) is 24.4 Å². The molecule has 2 aromatic heterocycles. The molecule has 1 fully saturated rings. The van der Waals surface area contributed by atoms with Gasteiger partial charge in [-0.1, -0.05) is 13.0 Å². The number of methoxy groups -OCH3 is 1. The van der Waals surface area contributed by atoms with Gasteiger partial charge in [-0.25, -0.2) is 9.37 Å². The van der Waals surface area contributed by atoms with Crippen molar-refractivity contribution in [1.82, 2.24) is 15.0 Å². The Bertz CT molecular complexity index is 1200. The summed E-state index contributed by atoms with van der Waals surface area (Å²) >= 11 is 0. The Balaban J connectivity index is 1.94. The van der Waals surface area contributed by atoms with Gasteiger partial charge in [0.15, 0.2) is 23.5 Å². The largest absolute Gasteiger partial charge is 0.493 e. The minimum absolute atomic E-state index is 0.00316. The van der Waals surface area contributed by atoms with E-state index in [1.165, 1.54) is 25.3 Å². The Hall–Kier alpha value is -3.08. The molecule has 1 saturated heterocycles. The van der Waals surface area contributed by atoms with E-state index < -0.39 is 47.1 Å². The molecular weight excluding hydrogens is 437 g/mol. The van der Waals surface area contributed by atoms with Crippen molar-refractivity contribution in [2.45, 2.75) is 37.6 Å². The Morgan fingerprint density at radius 3 is 2.59 bits per heavy atom. The number of hydrogen-bond acceptors (Lipinski definition) is 5. The summed E-state index contributed by atoms with van der Waals surface area (Å²) in [5.41, 5.74) is -2.10. The van der Waals surface area contributed by atoms with Crippen molar-refractivity contribution in [2.75, 3.05) is 7.11 Å². The molecule has 32 heavy (non-hydrogen) atoms. The number of aromatic nitrogens is 3. The lowest BCUT2D eigenvalue weighted by Gasteiger charge is -2.32. The molecule has 4 atom stereocenters. The van der Waals surface area contributed by atoms with Crippen LogP contribution in [0.4, 0.5) is 22.0 Å². The molecule has 0 amide bonds. The summed E-state index contributed by atoms with van der Waals surface area (Å²) in [6.07, 6.45) is -4.28. The third kappa shape index (κ3) is 3.14. The van der Waals surface area contributed by atoms with E-state index in [1.54, 1.807) is 0 Å². The first kappa shape index (κ1) is 22.1. The lowest BCUT2D eigenvalue weighted by atomic mass is 9.77. The predicted molar refractivity (Wildman–Crippen MR) is 102 cm³/mol. The average molecular weight is 455 g/mol. The van der Waals surface area contributed by atoms with Crippen LogP contribution in [0.5, 0.6) is 5.75 Å². The van der Waals surface area contributed by atoms with E-state index in [4.69, 9.17) is 9.47 Å². The summed E-state index contributed by atoms with van der Waals surface area (Å²) < 4.78 is 80.9. The van der Waals surface area contributed by atoms with E-state index in [-0.39, 0.29) is 22.6 Å². The fourth-order valence-electron chi connectivity index (χ4n) is 4.25. The lowest BCUT2D eigenvalue weighted by molar-refractivity contribution is -0.275. The molecule has 0 aliphatic carbocycles. The van der Waals surface area contributed by atoms with Crippen molar-refractivity contribution in [3.05, 3.63) is 53.1 Å². The van der Waals surface area contributed by atoms with Gasteiger partial charge in [0.05, 0.1) is 12.6 Å². The summed E-state index contributed by atoms with van der Waals surface area (Å²) in [6.45, 7) is 2.22. The molecule has 4 rings (SSSR count). The van der Waals surface area contributed by atoms with Crippen LogP contribution in [0.25, 0.3) is 11.0 Å². The van der Waals surface area contributed by atoms with Gasteiger partial charge in [-0.05, 0) is 19.1 Å². The zero-order valence-corrected chi connectivity index (χ0v) is 17.1. The lowest BCUT2D eigenvalue weighted by Crippen LogP contribution is -2.46. The second kappa shape index (κ2) is 7.51. The van der Waals surface area contributed by atoms with Crippen molar-refractivity contribution >= 4 is 17.3 Å². The van der Waals surface area contributed by atoms with Crippen molar-refractivity contribution in [3.63, 3.8) is 0 Å². The number of nitrogens with one attached hydrogen (secondary N) is 1. The highest BCUT2D eigenvalue weighted by atomic mass is 19.4. The second-order valence-electron chi connectivity index (χ2n) is 7.77. The fourth-order valence-corrected chi connectivity index (χ4v) is 4.25. The van der Waals surface area contributed by atoms with Crippen LogP contribution < -0.4 is 4.74 Å². The van der Waals surface area contributed by atoms with E-state index in [0.29, 0.717) is 11.8 Å². The molecule has 1 aromatic carbocycles. The Morgan fingerprint density at radius 1 is 1.25 bits per heavy atom. The van der Waals surface area contributed by atoms with Crippen molar-refractivity contribution < 1.29 is 36.2 Å². The number of aromatic amines is 1. The third-order valence-corrected chi connectivity index (χ3v) is 6.14. The van der Waals surface area contributed by atoms with Crippen LogP contribution in [0.1, 0.15) is 47.7 Å². The maximum atomic E-state index is 14.4. The molecule has 1 aliphatic rings. The minimum Gasteiger partial charge on any atom is -0.493 e. The van der Waals surface area contributed by atoms with Gasteiger partial charge in [0.25, 0.3) is 0 Å². The van der Waals surface area contributed by atoms with Gasteiger partial charge in [-0.15, -0.1) is 0 Å². The average Bonchev–Trinajstić information content (AvgIpc) is 3.29. The fraction of sp³-hybridized carbons (Fsp3) is 0.381. The van der Waals surface area contributed by atoms with Gasteiger partial charge in [-0.3, -0.25) is 9.78 Å². The molecule has 1 N–H and O–H groups in total. The Labute approximate surface area is 178 Å². The number of hydrogen-bond donors (Lipinski definition) is 1. The van der Waals surface area contributed by atoms with Gasteiger partial charge < -0.3 is 14.5 Å². The molecule has 0 spiro atoms. The monoisotopic (exact) mass is 455 g/mol. The molecule has 2 unspecified atom stereocenters. The molecule has 0 radical (unpaired) electrons. The highest BCUT2D eigenvalue weighted by Gasteiger charge is 2.65. The summed E-state index contributed by atoms with van der Waals surface area (Å²) in [5.74, 6) is -5.37. The first-order valence-corrected chi connectivity index (χ1v) is 9.59. The first-order chi connectivity index (χ1) is 15.0. The molecule has 1 aliphatic heterocycles. The van der Waals surface area contributed by atoms with Gasteiger partial charge >= 0.3 is 6.18 Å². The van der Waals surface area contributed by atoms with Crippen LogP contribution in [-0.4, -0.2) is 40.1 Å². The van der Waals surface area contributed by atoms with Crippen LogP contribution in [0, 0.1) is 17.6 Å². The smallest absolute Gasteiger partial charge is 0.417 e. The molecule has 11 heteroatoms. The van der Waals surface area contributed by atoms with Crippen LogP contribution in [0.3, 0.4) is 0 Å². The van der Waals surface area contributed by atoms with Crippen molar-refractivity contribution in [3.8, 4) is 5.75 Å². The topological polar surface area (TPSA) is 77.1 Å². The maximum Gasteiger partial charge on any atom is 0.417 e. The van der Waals surface area contributed by atoms with E-state index >= 15 is 0 Å². The molecule has 170 valence electrons. The summed E-state index contributed by atoms with van der Waals surface area (Å²) in [7, 11) is 1.10. The van der Waals surface area contributed by atoms with Crippen molar-refractivity contribution in [1.29, 1.82) is 0 Å². The number of aldehydes is 1. The quantitative estimate of drug-likeness (QED) is 0.449. The van der Waals surface area contributed by atoms with E-state index in [0.717, 1.165) is 20.1 Å². The molecule has 3 heterocycles. The number of halogens is 5. The highest BCUT2D eigenvalue weighted by Crippen LogP contribution is 2.59. The molecular formula is C21H18F5N3O3. The number of carbonyl (C=O) groups excluding carboxylic acids is 1. The predicted octanol–water partition coefficient (Wildman–Crippen LogP) is 4.87. The van der Waals surface area contributed by atoms with Crippen molar-refractivity contribution in [2.24, 2.45) is 5.92 Å². The number of rotatable bonds is 4. The van der Waals surface area contributed by atoms with E-state index in [1.807, 2.05) is 0 Å². The first-order valence-electron chi connectivity index (χ1n) is 9.59. The van der Waals surface area contributed by atoms with Gasteiger partial charge in [0.1, 0.15) is 23.1 Å². The Kier molecular flexibility index (Phi) is 5.19. The summed E-state index contributed by atoms with van der Waals surface area (Å²) in [6, 6.07) is 3.51. The third-order valence-electron chi connectivity index (χ3n) is 6.14. The number of nitrogens with zero attached hydrogens (tertiary/aromatic N) is 2. The van der Waals surface area contributed by atoms with Crippen LogP contribution in [0.2, 0.25) is 0 Å². The molecule has 6 nitrogen and oxygen atoms in total. The summed E-state index contributed by atoms with van der Waals surface area (Å²) in [5, 5.41) is 0. The van der Waals surface area contributed by atoms with Gasteiger partial charge in [-0.2, -0.15) is 17.6 Å². The second-order valence-corrected chi connectivity index (χ2v) is 7.77. The van der Waals surface area contributed by atoms with Gasteiger partial charge in [0, 0.05) is 23.6 Å². The van der Waals surface area contributed by atoms with Crippen LogP contribution >= 0.6 is 0 Å². The number of benzene rings is 1. The zero-order valence-electron chi connectivity index (χ0n) is 17.1. The zero-order chi connectivity index (χ0) is 23.4. The van der Waals surface area contributed by atoms with E-state index in [9.17, 15) is 26.7 Å². The highest BCUT2D eigenvalue weighted by molar-refractivity contribution is 5.91. The number of ether oxygens (including phenoxy) is 2. The Morgan fingerprint density at radius 2 is 1.97 bits per heavy atom. The van der Waals surface area contributed by atoms with Gasteiger partial charge in [0.2, 0.25) is 5.82 Å². The molecule has 0 bridgehead atoms. The van der Waals surface area contributed by atoms with E-state index in [2.05, 4.69) is 15.0 Å². The number of fused-ring (bicyclic) bond motifs is 1. The number of H-pyrrole nitrogens is 1. The van der Waals surface area contributed by atoms with Crippen LogP contribution in [-0.2, 0) is 4.74 Å². The molecule has 3 aromatic rings. The normalized spacial score (nSPS) is 25.9. The minimum atomic E-state index is -4.77. The summed E-state index contributed by atoms with van der Waals surface area (Å²) in [4.78, 5) is 22.3. The number of carbonyl (C=O) groups is 1. The number of pyridine rings is 1. The SMILES string of the molecule is COc1c(C2C(C)[C@](C)(C(F)(F)F)O[C@H]2c2nc3c(C=O)nccc3[nH]2)ccc(F)c1F. The molecule has 0 saturated carbocycles. The standard InChI is InChI=1S/C21H18F5N3O3/c1-9-14(10-4-5-11(22)15(23)17(10)31-3)18(32-20(9,2)21(24,25)26)19-28-12-6-7-27-13(8-30)16(12)29-19/h4-9,14,18H,1-3H3,(H,28,29)/t9?,14?,18-,20-/m1/s1. The maximum absolute atomic E-state index is 14.4. The number of alkyl halides is 3.